The van der Waals surface area contributed by atoms with Gasteiger partial charge in [0.15, 0.2) is 0 Å². The van der Waals surface area contributed by atoms with Gasteiger partial charge >= 0.3 is 6.03 Å². The van der Waals surface area contributed by atoms with Crippen LogP contribution in [0.25, 0.3) is 0 Å². The van der Waals surface area contributed by atoms with Crippen LogP contribution in [-0.2, 0) is 0 Å². The normalized spacial score (nSPS) is 9.81. The number of amides is 2. The molecule has 2 N–H and O–H groups in total. The number of nitrogens with zero attached hydrogens (tertiary/aromatic N) is 1. The van der Waals surface area contributed by atoms with E-state index in [9.17, 15) is 4.79 Å². The fourth-order valence-corrected chi connectivity index (χ4v) is 2.26. The van der Waals surface area contributed by atoms with Crippen LogP contribution in [0.3, 0.4) is 0 Å². The Morgan fingerprint density at radius 3 is 2.38 bits per heavy atom. The van der Waals surface area contributed by atoms with Gasteiger partial charge in [0.1, 0.15) is 0 Å². The molecular formula is C15H11Cl2N3O. The molecule has 2 aromatic rings. The smallest absolute Gasteiger partial charge is 0.308 e. The largest absolute Gasteiger partial charge is 0.323 e. The van der Waals surface area contributed by atoms with E-state index in [1.165, 1.54) is 0 Å². The first-order valence-corrected chi connectivity index (χ1v) is 6.78. The summed E-state index contributed by atoms with van der Waals surface area (Å²) in [6, 6.07) is 11.4. The molecule has 4 nitrogen and oxygen atoms in total. The molecule has 0 aliphatic carbocycles. The first-order chi connectivity index (χ1) is 9.97. The molecule has 2 amide bonds. The van der Waals surface area contributed by atoms with Gasteiger partial charge in [-0.3, -0.25) is 0 Å². The SMILES string of the molecule is Cc1ccc(C#N)cc1NC(=O)Nc1cc(Cl)cc(Cl)c1. The van der Waals surface area contributed by atoms with Crippen LogP contribution in [0.5, 0.6) is 0 Å². The maximum Gasteiger partial charge on any atom is 0.323 e. The van der Waals surface area contributed by atoms with E-state index >= 15 is 0 Å². The first kappa shape index (κ1) is 15.2. The number of benzene rings is 2. The lowest BCUT2D eigenvalue weighted by molar-refractivity contribution is 0.262. The molecule has 0 unspecified atom stereocenters. The lowest BCUT2D eigenvalue weighted by Crippen LogP contribution is -2.20. The molecule has 6 heteroatoms. The van der Waals surface area contributed by atoms with Crippen LogP contribution < -0.4 is 10.6 Å². The van der Waals surface area contributed by atoms with Crippen LogP contribution in [0.15, 0.2) is 36.4 Å². The van der Waals surface area contributed by atoms with Crippen molar-refractivity contribution in [1.29, 1.82) is 5.26 Å². The summed E-state index contributed by atoms with van der Waals surface area (Å²) in [4.78, 5) is 12.0. The minimum absolute atomic E-state index is 0.431. The average molecular weight is 320 g/mol. The van der Waals surface area contributed by atoms with Crippen molar-refractivity contribution in [2.45, 2.75) is 6.92 Å². The zero-order valence-corrected chi connectivity index (χ0v) is 12.6. The number of anilines is 2. The predicted molar refractivity (Wildman–Crippen MR) is 85.0 cm³/mol. The van der Waals surface area contributed by atoms with E-state index in [-0.39, 0.29) is 0 Å². The van der Waals surface area contributed by atoms with Crippen LogP contribution in [0, 0.1) is 18.3 Å². The van der Waals surface area contributed by atoms with Gasteiger partial charge in [-0.1, -0.05) is 29.3 Å². The van der Waals surface area contributed by atoms with E-state index in [1.807, 2.05) is 13.0 Å². The highest BCUT2D eigenvalue weighted by Gasteiger charge is 2.07. The highest BCUT2D eigenvalue weighted by molar-refractivity contribution is 6.35. The van der Waals surface area contributed by atoms with Crippen molar-refractivity contribution in [3.63, 3.8) is 0 Å². The Bertz CT molecular complexity index is 718. The quantitative estimate of drug-likeness (QED) is 0.833. The monoisotopic (exact) mass is 319 g/mol. The molecular weight excluding hydrogens is 309 g/mol. The molecule has 0 aliphatic heterocycles. The van der Waals surface area contributed by atoms with E-state index in [0.717, 1.165) is 5.56 Å². The predicted octanol–water partition coefficient (Wildman–Crippen LogP) is 4.82. The maximum absolute atomic E-state index is 12.0. The van der Waals surface area contributed by atoms with Crippen LogP contribution in [0.2, 0.25) is 10.0 Å². The molecule has 0 saturated carbocycles. The van der Waals surface area contributed by atoms with Crippen molar-refractivity contribution in [3.05, 3.63) is 57.6 Å². The fourth-order valence-electron chi connectivity index (χ4n) is 1.74. The van der Waals surface area contributed by atoms with E-state index in [0.29, 0.717) is 27.0 Å². The molecule has 21 heavy (non-hydrogen) atoms. The van der Waals surface area contributed by atoms with Gasteiger partial charge in [-0.2, -0.15) is 5.26 Å². The Labute approximate surface area is 132 Å². The van der Waals surface area contributed by atoms with Crippen molar-refractivity contribution in [2.24, 2.45) is 0 Å². The zero-order chi connectivity index (χ0) is 15.4. The van der Waals surface area contributed by atoms with Crippen molar-refractivity contribution in [1.82, 2.24) is 0 Å². The number of carbonyl (C=O) groups is 1. The molecule has 0 radical (unpaired) electrons. The topological polar surface area (TPSA) is 64.9 Å². The summed E-state index contributed by atoms with van der Waals surface area (Å²) < 4.78 is 0. The van der Waals surface area contributed by atoms with Crippen molar-refractivity contribution >= 4 is 40.6 Å². The number of rotatable bonds is 2. The van der Waals surface area contributed by atoms with Crippen LogP contribution in [0.4, 0.5) is 16.2 Å². The number of carbonyl (C=O) groups excluding carboxylic acids is 1. The molecule has 2 rings (SSSR count). The van der Waals surface area contributed by atoms with Gasteiger partial charge in [0.05, 0.1) is 11.6 Å². The second-order valence-electron chi connectivity index (χ2n) is 4.38. The number of nitrogens with one attached hydrogen (secondary N) is 2. The fraction of sp³-hybridized carbons (Fsp3) is 0.0667. The minimum atomic E-state index is -0.438. The molecule has 106 valence electrons. The van der Waals surface area contributed by atoms with Gasteiger partial charge < -0.3 is 10.6 Å². The molecule has 0 heterocycles. The Morgan fingerprint density at radius 1 is 1.10 bits per heavy atom. The van der Waals surface area contributed by atoms with Gasteiger partial charge in [0.2, 0.25) is 0 Å². The Morgan fingerprint density at radius 2 is 1.76 bits per heavy atom. The van der Waals surface area contributed by atoms with Crippen molar-refractivity contribution < 1.29 is 4.79 Å². The van der Waals surface area contributed by atoms with E-state index in [1.54, 1.807) is 36.4 Å². The molecule has 0 aromatic heterocycles. The third-order valence-electron chi connectivity index (χ3n) is 2.74. The van der Waals surface area contributed by atoms with E-state index in [2.05, 4.69) is 10.6 Å². The van der Waals surface area contributed by atoms with Crippen molar-refractivity contribution in [2.75, 3.05) is 10.6 Å². The summed E-state index contributed by atoms with van der Waals surface area (Å²) >= 11 is 11.7. The number of halogens is 2. The third kappa shape index (κ3) is 4.12. The lowest BCUT2D eigenvalue weighted by atomic mass is 10.1. The number of hydrogen-bond acceptors (Lipinski definition) is 2. The van der Waals surface area contributed by atoms with Crippen LogP contribution in [0.1, 0.15) is 11.1 Å². The second kappa shape index (κ2) is 6.49. The van der Waals surface area contributed by atoms with Gasteiger partial charge in [-0.05, 0) is 42.8 Å². The van der Waals surface area contributed by atoms with Crippen LogP contribution >= 0.6 is 23.2 Å². The second-order valence-corrected chi connectivity index (χ2v) is 5.25. The van der Waals surface area contributed by atoms with Gasteiger partial charge in [-0.15, -0.1) is 0 Å². The lowest BCUT2D eigenvalue weighted by Gasteiger charge is -2.10. The van der Waals surface area contributed by atoms with Crippen molar-refractivity contribution in [3.8, 4) is 6.07 Å². The highest BCUT2D eigenvalue weighted by atomic mass is 35.5. The van der Waals surface area contributed by atoms with Crippen LogP contribution in [-0.4, -0.2) is 6.03 Å². The molecule has 0 aliphatic rings. The summed E-state index contributed by atoms with van der Waals surface area (Å²) in [5.41, 5.74) is 2.38. The molecule has 0 atom stereocenters. The van der Waals surface area contributed by atoms with Gasteiger partial charge in [0.25, 0.3) is 0 Å². The average Bonchev–Trinajstić information content (AvgIpc) is 2.40. The highest BCUT2D eigenvalue weighted by Crippen LogP contribution is 2.23. The van der Waals surface area contributed by atoms with Gasteiger partial charge in [0, 0.05) is 21.4 Å². The number of hydrogen-bond donors (Lipinski definition) is 2. The standard InChI is InChI=1S/C15H11Cl2N3O/c1-9-2-3-10(8-18)4-14(9)20-15(21)19-13-6-11(16)5-12(17)7-13/h2-7H,1H3,(H2,19,20,21). The summed E-state index contributed by atoms with van der Waals surface area (Å²) in [5, 5.41) is 15.1. The molecule has 0 bridgehead atoms. The van der Waals surface area contributed by atoms with Gasteiger partial charge in [-0.25, -0.2) is 4.79 Å². The number of aryl methyl sites for hydroxylation is 1. The van der Waals surface area contributed by atoms with E-state index < -0.39 is 6.03 Å². The number of nitriles is 1. The molecule has 0 fully saturated rings. The molecule has 0 saturated heterocycles. The zero-order valence-electron chi connectivity index (χ0n) is 11.1. The Hall–Kier alpha value is -2.22. The number of urea groups is 1. The Balaban J connectivity index is 2.13. The Kier molecular flexibility index (Phi) is 4.69. The maximum atomic E-state index is 12.0. The summed E-state index contributed by atoms with van der Waals surface area (Å²) in [5.74, 6) is 0. The first-order valence-electron chi connectivity index (χ1n) is 6.03. The summed E-state index contributed by atoms with van der Waals surface area (Å²) in [6.07, 6.45) is 0. The molecule has 0 spiro atoms. The minimum Gasteiger partial charge on any atom is -0.308 e. The summed E-state index contributed by atoms with van der Waals surface area (Å²) in [6.45, 7) is 1.84. The third-order valence-corrected chi connectivity index (χ3v) is 3.17. The van der Waals surface area contributed by atoms with E-state index in [4.69, 9.17) is 28.5 Å². The summed E-state index contributed by atoms with van der Waals surface area (Å²) in [7, 11) is 0. The molecule has 2 aromatic carbocycles.